The van der Waals surface area contributed by atoms with Gasteiger partial charge >= 0.3 is 5.97 Å². The van der Waals surface area contributed by atoms with Gasteiger partial charge in [0, 0.05) is 6.54 Å². The van der Waals surface area contributed by atoms with Crippen LogP contribution >= 0.6 is 0 Å². The summed E-state index contributed by atoms with van der Waals surface area (Å²) < 4.78 is 10.1. The van der Waals surface area contributed by atoms with Gasteiger partial charge in [-0.05, 0) is 11.1 Å². The molecule has 0 unspecified atom stereocenters. The highest BCUT2D eigenvalue weighted by molar-refractivity contribution is 5.77. The third-order valence-electron chi connectivity index (χ3n) is 4.12. The van der Waals surface area contributed by atoms with Crippen molar-refractivity contribution in [2.24, 2.45) is 0 Å². The van der Waals surface area contributed by atoms with Gasteiger partial charge in [0.15, 0.2) is 6.29 Å². The van der Waals surface area contributed by atoms with E-state index in [2.05, 4.69) is 5.32 Å². The summed E-state index contributed by atoms with van der Waals surface area (Å²) in [6, 6.07) is 6.68. The normalized spacial score (nSPS) is 27.9. The fourth-order valence-corrected chi connectivity index (χ4v) is 2.63. The van der Waals surface area contributed by atoms with E-state index in [1.165, 1.54) is 0 Å². The van der Waals surface area contributed by atoms with Crippen molar-refractivity contribution in [2.45, 2.75) is 43.7 Å². The van der Waals surface area contributed by atoms with Gasteiger partial charge in [0.2, 0.25) is 5.91 Å². The van der Waals surface area contributed by atoms with Crippen LogP contribution in [0.2, 0.25) is 0 Å². The third-order valence-corrected chi connectivity index (χ3v) is 4.12. The second-order valence-electron chi connectivity index (χ2n) is 6.17. The number of amides is 1. The van der Waals surface area contributed by atoms with Crippen LogP contribution in [0.15, 0.2) is 24.3 Å². The van der Waals surface area contributed by atoms with E-state index in [9.17, 15) is 24.9 Å². The van der Waals surface area contributed by atoms with Gasteiger partial charge in [-0.1, -0.05) is 24.3 Å². The first-order chi connectivity index (χ1) is 12.8. The zero-order chi connectivity index (χ0) is 20.0. The molecule has 27 heavy (non-hydrogen) atoms. The molecule has 6 N–H and O–H groups in total. The summed E-state index contributed by atoms with van der Waals surface area (Å²) in [7, 11) is 0. The lowest BCUT2D eigenvalue weighted by Crippen LogP contribution is -2.59. The summed E-state index contributed by atoms with van der Waals surface area (Å²) in [5.74, 6) is -1.46. The van der Waals surface area contributed by atoms with Crippen LogP contribution in [0.3, 0.4) is 0 Å². The van der Waals surface area contributed by atoms with E-state index in [-0.39, 0.29) is 13.0 Å². The molecule has 1 amide bonds. The molecular weight excluding hydrogens is 362 g/mol. The van der Waals surface area contributed by atoms with E-state index in [4.69, 9.17) is 19.7 Å². The Morgan fingerprint density at radius 3 is 2.30 bits per heavy atom. The van der Waals surface area contributed by atoms with Crippen LogP contribution in [0, 0.1) is 0 Å². The predicted molar refractivity (Wildman–Crippen MR) is 89.3 cm³/mol. The van der Waals surface area contributed by atoms with Gasteiger partial charge in [0.1, 0.15) is 31.0 Å². The number of hydrogen-bond donors (Lipinski definition) is 6. The van der Waals surface area contributed by atoms with Gasteiger partial charge in [-0.15, -0.1) is 0 Å². The highest BCUT2D eigenvalue weighted by Crippen LogP contribution is 2.22. The molecule has 1 aromatic rings. The van der Waals surface area contributed by atoms with Gasteiger partial charge in [0.25, 0.3) is 0 Å². The van der Waals surface area contributed by atoms with Gasteiger partial charge in [-0.25, -0.2) is 0 Å². The molecular formula is C17H23NO9. The van der Waals surface area contributed by atoms with Gasteiger partial charge in [-0.2, -0.15) is 0 Å². The Hall–Kier alpha value is -2.08. The Balaban J connectivity index is 1.78. The Morgan fingerprint density at radius 1 is 1.07 bits per heavy atom. The van der Waals surface area contributed by atoms with E-state index >= 15 is 0 Å². The molecule has 1 aliphatic rings. The first-order valence-corrected chi connectivity index (χ1v) is 8.30. The van der Waals surface area contributed by atoms with Crippen LogP contribution in [0.1, 0.15) is 11.1 Å². The van der Waals surface area contributed by atoms with Gasteiger partial charge < -0.3 is 40.3 Å². The number of ether oxygens (including phenoxy) is 2. The minimum Gasteiger partial charge on any atom is -0.481 e. The topological polar surface area (TPSA) is 166 Å². The average molecular weight is 385 g/mol. The highest BCUT2D eigenvalue weighted by Gasteiger charge is 2.44. The molecule has 1 heterocycles. The van der Waals surface area contributed by atoms with E-state index in [1.807, 2.05) is 0 Å². The number of benzene rings is 1. The quantitative estimate of drug-likeness (QED) is 0.290. The summed E-state index contributed by atoms with van der Waals surface area (Å²) in [4.78, 5) is 22.5. The van der Waals surface area contributed by atoms with E-state index in [0.29, 0.717) is 5.56 Å². The van der Waals surface area contributed by atoms with Crippen molar-refractivity contribution >= 4 is 11.9 Å². The van der Waals surface area contributed by atoms with Crippen molar-refractivity contribution < 1.29 is 44.6 Å². The maximum Gasteiger partial charge on any atom is 0.307 e. The fraction of sp³-hybridized carbons (Fsp3) is 0.529. The number of carboxylic acid groups (broad SMARTS) is 1. The van der Waals surface area contributed by atoms with Crippen molar-refractivity contribution in [1.29, 1.82) is 0 Å². The molecule has 1 aliphatic heterocycles. The monoisotopic (exact) mass is 385 g/mol. The molecule has 0 aromatic heterocycles. The first-order valence-electron chi connectivity index (χ1n) is 8.30. The molecule has 10 nitrogen and oxygen atoms in total. The number of nitrogens with one attached hydrogen (secondary N) is 1. The Labute approximate surface area is 155 Å². The summed E-state index contributed by atoms with van der Waals surface area (Å²) in [6.07, 6.45) is -7.17. The fourth-order valence-electron chi connectivity index (χ4n) is 2.63. The van der Waals surface area contributed by atoms with Crippen molar-refractivity contribution in [3.05, 3.63) is 35.4 Å². The molecule has 150 valence electrons. The number of carbonyl (C=O) groups is 2. The number of aliphatic hydroxyl groups is 4. The van der Waals surface area contributed by atoms with Gasteiger partial charge in [0.05, 0.1) is 13.0 Å². The minimum atomic E-state index is -1.60. The van der Waals surface area contributed by atoms with Crippen LogP contribution < -0.4 is 5.32 Å². The second-order valence-corrected chi connectivity index (χ2v) is 6.17. The van der Waals surface area contributed by atoms with Crippen LogP contribution in [-0.4, -0.2) is 81.3 Å². The number of carboxylic acids is 1. The van der Waals surface area contributed by atoms with Crippen molar-refractivity contribution in [3.8, 4) is 0 Å². The summed E-state index contributed by atoms with van der Waals surface area (Å²) in [5.41, 5.74) is 1.39. The molecule has 0 radical (unpaired) electrons. The molecule has 1 aromatic carbocycles. The van der Waals surface area contributed by atoms with E-state index < -0.39 is 55.8 Å². The maximum atomic E-state index is 11.9. The molecule has 0 aliphatic carbocycles. The van der Waals surface area contributed by atoms with Crippen molar-refractivity contribution in [1.82, 2.24) is 5.32 Å². The molecule has 1 fully saturated rings. The smallest absolute Gasteiger partial charge is 0.307 e. The summed E-state index contributed by atoms with van der Waals surface area (Å²) in [6.45, 7) is -0.902. The lowest BCUT2D eigenvalue weighted by molar-refractivity contribution is -0.295. The molecule has 0 spiro atoms. The lowest BCUT2D eigenvalue weighted by atomic mass is 9.99. The second kappa shape index (κ2) is 9.74. The maximum absolute atomic E-state index is 11.9. The van der Waals surface area contributed by atoms with Crippen LogP contribution in [-0.2, 0) is 32.0 Å². The molecule has 2 rings (SSSR count). The van der Waals surface area contributed by atoms with Crippen LogP contribution in [0.25, 0.3) is 0 Å². The standard InChI is InChI=1S/C17H23NO9/c19-7-11-14(23)15(24)16(17(25)27-11)26-8-12(20)18-6-10-3-1-9(2-4-10)5-13(21)22/h1-4,11,14-17,19,23-25H,5-8H2,(H,18,20)(H,21,22)/t11-,14-,15+,16-,17+/m1/s1. The lowest BCUT2D eigenvalue weighted by Gasteiger charge is -2.39. The Morgan fingerprint density at radius 2 is 1.70 bits per heavy atom. The first kappa shape index (κ1) is 21.2. The van der Waals surface area contributed by atoms with E-state index in [0.717, 1.165) is 5.56 Å². The largest absolute Gasteiger partial charge is 0.481 e. The third kappa shape index (κ3) is 5.96. The summed E-state index contributed by atoms with van der Waals surface area (Å²) >= 11 is 0. The molecule has 1 saturated heterocycles. The predicted octanol–water partition coefficient (Wildman–Crippen LogP) is -2.25. The molecule has 0 saturated carbocycles. The zero-order valence-corrected chi connectivity index (χ0v) is 14.4. The van der Waals surface area contributed by atoms with Crippen molar-refractivity contribution in [2.75, 3.05) is 13.2 Å². The van der Waals surface area contributed by atoms with Gasteiger partial charge in [-0.3, -0.25) is 9.59 Å². The SMILES string of the molecule is O=C(O)Cc1ccc(CNC(=O)CO[C@@H]2[C@@H](O)[C@H](O)[C@@H](CO)O[C@@H]2O)cc1. The number of aliphatic hydroxyl groups excluding tert-OH is 4. The summed E-state index contributed by atoms with van der Waals surface area (Å²) in [5, 5.41) is 49.7. The van der Waals surface area contributed by atoms with Crippen LogP contribution in [0.4, 0.5) is 0 Å². The number of carbonyl (C=O) groups excluding carboxylic acids is 1. The number of rotatable bonds is 8. The van der Waals surface area contributed by atoms with Crippen molar-refractivity contribution in [3.63, 3.8) is 0 Å². The Bertz CT molecular complexity index is 636. The number of hydrogen-bond acceptors (Lipinski definition) is 8. The molecule has 10 heteroatoms. The number of aliphatic carboxylic acids is 1. The average Bonchev–Trinajstić information content (AvgIpc) is 2.63. The minimum absolute atomic E-state index is 0.0857. The molecule has 0 bridgehead atoms. The zero-order valence-electron chi connectivity index (χ0n) is 14.4. The Kier molecular flexibility index (Phi) is 7.66. The molecule has 5 atom stereocenters. The highest BCUT2D eigenvalue weighted by atomic mass is 16.7. The van der Waals surface area contributed by atoms with E-state index in [1.54, 1.807) is 24.3 Å². The van der Waals surface area contributed by atoms with Crippen LogP contribution in [0.5, 0.6) is 0 Å².